The second-order valence-electron chi connectivity index (χ2n) is 10.5. The van der Waals surface area contributed by atoms with Gasteiger partial charge in [0.2, 0.25) is 11.7 Å². The van der Waals surface area contributed by atoms with Crippen LogP contribution in [0.3, 0.4) is 0 Å². The standard InChI is InChI=1S/C25H30F3N7O5/c1-14(25(26,27)28)7-18(36)21-31-8-17-22(33-21)35(15-5-4-6-34(17)11-15)23(37)32-19-9-30-20(10-29-19)38-12-16-13-39-24(2,3)40-16/h8-10,14-16H,4-7,11-13H2,1-3H3,(H,29,32,37)/t14-,15-,16-/m0/s1. The molecule has 2 fully saturated rings. The number of urea groups is 1. The van der Waals surface area contributed by atoms with E-state index in [0.717, 1.165) is 13.3 Å². The van der Waals surface area contributed by atoms with Gasteiger partial charge in [-0.2, -0.15) is 13.2 Å². The molecule has 5 rings (SSSR count). The zero-order valence-electron chi connectivity index (χ0n) is 22.3. The fourth-order valence-corrected chi connectivity index (χ4v) is 4.85. The number of alkyl halides is 3. The van der Waals surface area contributed by atoms with Crippen LogP contribution in [0.2, 0.25) is 0 Å². The zero-order valence-corrected chi connectivity index (χ0v) is 22.3. The van der Waals surface area contributed by atoms with Gasteiger partial charge in [-0.3, -0.25) is 15.0 Å². The van der Waals surface area contributed by atoms with Crippen molar-refractivity contribution >= 4 is 29.1 Å². The summed E-state index contributed by atoms with van der Waals surface area (Å²) in [5.41, 5.74) is 0.530. The van der Waals surface area contributed by atoms with Crippen LogP contribution in [0.25, 0.3) is 0 Å². The normalized spacial score (nSPS) is 22.4. The topological polar surface area (TPSA) is 132 Å². The van der Waals surface area contributed by atoms with Crippen molar-refractivity contribution in [3.8, 4) is 5.88 Å². The zero-order chi connectivity index (χ0) is 28.7. The third kappa shape index (κ3) is 6.09. The van der Waals surface area contributed by atoms with Gasteiger partial charge in [-0.15, -0.1) is 0 Å². The van der Waals surface area contributed by atoms with E-state index in [1.54, 1.807) is 0 Å². The number of ketones is 1. The highest BCUT2D eigenvalue weighted by molar-refractivity contribution is 6.04. The third-order valence-corrected chi connectivity index (χ3v) is 6.95. The van der Waals surface area contributed by atoms with Crippen LogP contribution < -0.4 is 19.9 Å². The molecule has 0 aromatic carbocycles. The van der Waals surface area contributed by atoms with Gasteiger partial charge >= 0.3 is 12.2 Å². The molecule has 15 heteroatoms. The molecule has 1 N–H and O–H groups in total. The average molecular weight is 566 g/mol. The van der Waals surface area contributed by atoms with Crippen LogP contribution in [-0.2, 0) is 9.47 Å². The van der Waals surface area contributed by atoms with Crippen molar-refractivity contribution in [1.82, 2.24) is 19.9 Å². The number of carbonyl (C=O) groups excluding carboxylic acids is 2. The smallest absolute Gasteiger partial charge is 0.391 e. The fourth-order valence-electron chi connectivity index (χ4n) is 4.85. The van der Waals surface area contributed by atoms with Crippen LogP contribution in [0.15, 0.2) is 18.6 Å². The predicted molar refractivity (Wildman–Crippen MR) is 135 cm³/mol. The Kier molecular flexibility index (Phi) is 7.52. The van der Waals surface area contributed by atoms with Crippen molar-refractivity contribution in [1.29, 1.82) is 0 Å². The lowest BCUT2D eigenvalue weighted by Gasteiger charge is -2.45. The number of halogens is 3. The minimum absolute atomic E-state index is 0.156. The number of hydrogen-bond donors (Lipinski definition) is 1. The quantitative estimate of drug-likeness (QED) is 0.497. The molecule has 0 aliphatic carbocycles. The molecule has 2 amide bonds. The van der Waals surface area contributed by atoms with Crippen molar-refractivity contribution in [2.45, 2.75) is 64.1 Å². The van der Waals surface area contributed by atoms with Crippen molar-refractivity contribution in [3.63, 3.8) is 0 Å². The van der Waals surface area contributed by atoms with Crippen molar-refractivity contribution < 1.29 is 37.0 Å². The third-order valence-electron chi connectivity index (χ3n) is 6.95. The molecule has 5 heterocycles. The first kappa shape index (κ1) is 28.0. The minimum Gasteiger partial charge on any atom is -0.474 e. The molecular weight excluding hydrogens is 535 g/mol. The molecule has 3 aliphatic heterocycles. The Bertz CT molecular complexity index is 1260. The number of amides is 2. The molecule has 2 saturated heterocycles. The number of nitrogens with one attached hydrogen (secondary N) is 1. The molecular formula is C25H30F3N7O5. The summed E-state index contributed by atoms with van der Waals surface area (Å²) in [5.74, 6) is -3.17. The Hall–Kier alpha value is -3.59. The maximum Gasteiger partial charge on any atom is 0.391 e. The molecule has 3 aliphatic rings. The van der Waals surface area contributed by atoms with E-state index in [-0.39, 0.29) is 42.1 Å². The maximum absolute atomic E-state index is 13.4. The van der Waals surface area contributed by atoms with Gasteiger partial charge in [-0.05, 0) is 26.7 Å². The number of anilines is 3. The molecule has 0 saturated carbocycles. The number of nitrogens with zero attached hydrogens (tertiary/aromatic N) is 6. The number of aromatic nitrogens is 4. The lowest BCUT2D eigenvalue weighted by Crippen LogP contribution is -2.56. The van der Waals surface area contributed by atoms with Gasteiger partial charge in [0.25, 0.3) is 0 Å². The van der Waals surface area contributed by atoms with E-state index in [1.807, 2.05) is 18.7 Å². The summed E-state index contributed by atoms with van der Waals surface area (Å²) in [4.78, 5) is 46.2. The number of Topliss-reactive ketones (excluding diaryl/α,β-unsaturated/α-hetero) is 1. The van der Waals surface area contributed by atoms with Gasteiger partial charge in [0.05, 0.1) is 42.8 Å². The molecule has 2 aromatic rings. The lowest BCUT2D eigenvalue weighted by molar-refractivity contribution is -0.168. The summed E-state index contributed by atoms with van der Waals surface area (Å²) in [6.45, 7) is 6.41. The van der Waals surface area contributed by atoms with Crippen LogP contribution >= 0.6 is 0 Å². The Labute approximate surface area is 228 Å². The Morgan fingerprint density at radius 3 is 2.70 bits per heavy atom. The first-order valence-corrected chi connectivity index (χ1v) is 13.0. The summed E-state index contributed by atoms with van der Waals surface area (Å²) < 4.78 is 55.8. The van der Waals surface area contributed by atoms with Crippen LogP contribution in [0.5, 0.6) is 5.88 Å². The van der Waals surface area contributed by atoms with E-state index in [9.17, 15) is 22.8 Å². The van der Waals surface area contributed by atoms with Gasteiger partial charge in [-0.1, -0.05) is 6.92 Å². The van der Waals surface area contributed by atoms with Gasteiger partial charge in [0, 0.05) is 19.5 Å². The summed E-state index contributed by atoms with van der Waals surface area (Å²) in [7, 11) is 0. The highest BCUT2D eigenvalue weighted by Gasteiger charge is 2.41. The molecule has 0 radical (unpaired) electrons. The molecule has 2 aromatic heterocycles. The number of carbonyl (C=O) groups is 2. The summed E-state index contributed by atoms with van der Waals surface area (Å²) in [6.07, 6.45) is 0.0422. The van der Waals surface area contributed by atoms with E-state index < -0.39 is 36.1 Å². The van der Waals surface area contributed by atoms with E-state index in [0.29, 0.717) is 31.8 Å². The summed E-state index contributed by atoms with van der Waals surface area (Å²) in [5, 5.41) is 2.69. The highest BCUT2D eigenvalue weighted by Crippen LogP contribution is 2.38. The molecule has 12 nitrogen and oxygen atoms in total. The van der Waals surface area contributed by atoms with Crippen LogP contribution in [0, 0.1) is 5.92 Å². The molecule has 40 heavy (non-hydrogen) atoms. The SMILES string of the molecule is C[C@@H](CC(=O)c1ncc2c(n1)N(C(=O)Nc1cnc(OC[C@H]3COC(C)(C)O3)cn1)[C@H]1CCCN2C1)C(F)(F)F. The minimum atomic E-state index is -4.52. The number of fused-ring (bicyclic) bond motifs is 4. The Balaban J connectivity index is 1.29. The number of ether oxygens (including phenoxy) is 3. The molecule has 2 bridgehead atoms. The van der Waals surface area contributed by atoms with Crippen molar-refractivity contribution in [3.05, 3.63) is 24.4 Å². The second-order valence-corrected chi connectivity index (χ2v) is 10.5. The van der Waals surface area contributed by atoms with E-state index in [2.05, 4.69) is 25.3 Å². The molecule has 216 valence electrons. The van der Waals surface area contributed by atoms with E-state index in [4.69, 9.17) is 14.2 Å². The average Bonchev–Trinajstić information content (AvgIpc) is 3.26. The summed E-state index contributed by atoms with van der Waals surface area (Å²) in [6, 6.07) is -0.822. The Morgan fingerprint density at radius 2 is 2.02 bits per heavy atom. The fraction of sp³-hybridized carbons (Fsp3) is 0.600. The first-order valence-electron chi connectivity index (χ1n) is 13.0. The van der Waals surface area contributed by atoms with Crippen molar-refractivity contribution in [2.24, 2.45) is 5.92 Å². The van der Waals surface area contributed by atoms with Crippen LogP contribution in [0.1, 0.15) is 50.7 Å². The van der Waals surface area contributed by atoms with Gasteiger partial charge in [-0.25, -0.2) is 24.7 Å². The van der Waals surface area contributed by atoms with Crippen LogP contribution in [-0.4, -0.2) is 82.2 Å². The largest absolute Gasteiger partial charge is 0.474 e. The van der Waals surface area contributed by atoms with Crippen molar-refractivity contribution in [2.75, 3.05) is 41.4 Å². The van der Waals surface area contributed by atoms with E-state index in [1.165, 1.54) is 23.5 Å². The monoisotopic (exact) mass is 565 g/mol. The second kappa shape index (κ2) is 10.8. The number of rotatable bonds is 7. The van der Waals surface area contributed by atoms with Gasteiger partial charge < -0.3 is 19.1 Å². The summed E-state index contributed by atoms with van der Waals surface area (Å²) >= 11 is 0. The molecule has 0 unspecified atom stereocenters. The highest BCUT2D eigenvalue weighted by atomic mass is 19.4. The Morgan fingerprint density at radius 1 is 1.23 bits per heavy atom. The molecule has 0 spiro atoms. The van der Waals surface area contributed by atoms with Gasteiger partial charge in [0.1, 0.15) is 12.7 Å². The van der Waals surface area contributed by atoms with Crippen LogP contribution in [0.4, 0.5) is 35.3 Å². The predicted octanol–water partition coefficient (Wildman–Crippen LogP) is 3.59. The number of piperidine rings is 1. The maximum atomic E-state index is 13.4. The first-order chi connectivity index (χ1) is 18.9. The molecule has 3 atom stereocenters. The van der Waals surface area contributed by atoms with Gasteiger partial charge in [0.15, 0.2) is 23.2 Å². The van der Waals surface area contributed by atoms with E-state index >= 15 is 0 Å². The number of hydrogen-bond acceptors (Lipinski definition) is 10. The lowest BCUT2D eigenvalue weighted by atomic mass is 10.00.